The minimum absolute atomic E-state index is 0.566. The summed E-state index contributed by atoms with van der Waals surface area (Å²) in [5, 5.41) is 3.36. The molecular weight excluding hydrogens is 222 g/mol. The monoisotopic (exact) mass is 247 g/mol. The molecule has 100 valence electrons. The first kappa shape index (κ1) is 13.3. The minimum atomic E-state index is 0.566. The van der Waals surface area contributed by atoms with Crippen LogP contribution in [0.15, 0.2) is 18.3 Å². The van der Waals surface area contributed by atoms with Crippen molar-refractivity contribution < 1.29 is 0 Å². The average Bonchev–Trinajstić information content (AvgIpc) is 2.41. The summed E-state index contributed by atoms with van der Waals surface area (Å²) >= 11 is 0. The summed E-state index contributed by atoms with van der Waals surface area (Å²) in [5.74, 6) is 1.01. The highest BCUT2D eigenvalue weighted by atomic mass is 15.1. The highest BCUT2D eigenvalue weighted by Gasteiger charge is 2.20. The molecule has 0 radical (unpaired) electrons. The number of nitrogens with zero attached hydrogens (tertiary/aromatic N) is 2. The Morgan fingerprint density at radius 2 is 2.28 bits per heavy atom. The SMILES string of the molecule is CCCCNc1ccc([C@H]2CCCCN2C)cn1. The lowest BCUT2D eigenvalue weighted by atomic mass is 9.97. The van der Waals surface area contributed by atoms with E-state index in [1.165, 1.54) is 44.2 Å². The Morgan fingerprint density at radius 1 is 1.39 bits per heavy atom. The molecule has 1 saturated heterocycles. The number of unbranched alkanes of at least 4 members (excludes halogenated alkanes) is 1. The maximum absolute atomic E-state index is 4.52. The van der Waals surface area contributed by atoms with E-state index in [1.807, 2.05) is 6.20 Å². The molecule has 1 fully saturated rings. The van der Waals surface area contributed by atoms with Gasteiger partial charge in [0.15, 0.2) is 0 Å². The molecule has 0 aromatic carbocycles. The maximum atomic E-state index is 4.52. The van der Waals surface area contributed by atoms with Crippen molar-refractivity contribution in [2.75, 3.05) is 25.5 Å². The molecule has 2 rings (SSSR count). The van der Waals surface area contributed by atoms with Gasteiger partial charge in [0.1, 0.15) is 5.82 Å². The molecule has 1 N–H and O–H groups in total. The van der Waals surface area contributed by atoms with Crippen LogP contribution in [0.25, 0.3) is 0 Å². The van der Waals surface area contributed by atoms with E-state index in [0.717, 1.165) is 12.4 Å². The molecule has 0 bridgehead atoms. The number of aromatic nitrogens is 1. The van der Waals surface area contributed by atoms with E-state index in [0.29, 0.717) is 6.04 Å². The number of nitrogens with one attached hydrogen (secondary N) is 1. The van der Waals surface area contributed by atoms with E-state index in [1.54, 1.807) is 0 Å². The second-order valence-electron chi connectivity index (χ2n) is 5.25. The van der Waals surface area contributed by atoms with Gasteiger partial charge in [-0.15, -0.1) is 0 Å². The molecule has 2 heterocycles. The maximum Gasteiger partial charge on any atom is 0.125 e. The van der Waals surface area contributed by atoms with Gasteiger partial charge in [0.25, 0.3) is 0 Å². The fraction of sp³-hybridized carbons (Fsp3) is 0.667. The highest BCUT2D eigenvalue weighted by molar-refractivity contribution is 5.36. The van der Waals surface area contributed by atoms with Gasteiger partial charge >= 0.3 is 0 Å². The van der Waals surface area contributed by atoms with Gasteiger partial charge in [-0.1, -0.05) is 25.8 Å². The van der Waals surface area contributed by atoms with Crippen molar-refractivity contribution in [1.82, 2.24) is 9.88 Å². The Bertz CT molecular complexity index is 347. The highest BCUT2D eigenvalue weighted by Crippen LogP contribution is 2.29. The molecule has 18 heavy (non-hydrogen) atoms. The quantitative estimate of drug-likeness (QED) is 0.808. The van der Waals surface area contributed by atoms with Crippen LogP contribution in [0, 0.1) is 0 Å². The van der Waals surface area contributed by atoms with E-state index in [4.69, 9.17) is 0 Å². The van der Waals surface area contributed by atoms with Crippen LogP contribution in [0.5, 0.6) is 0 Å². The molecule has 1 atom stereocenters. The number of hydrogen-bond acceptors (Lipinski definition) is 3. The Hall–Kier alpha value is -1.09. The number of piperidine rings is 1. The lowest BCUT2D eigenvalue weighted by Crippen LogP contribution is -2.29. The molecule has 3 nitrogen and oxygen atoms in total. The average molecular weight is 247 g/mol. The number of pyridine rings is 1. The predicted octanol–water partition coefficient (Wildman–Crippen LogP) is 3.45. The summed E-state index contributed by atoms with van der Waals surface area (Å²) < 4.78 is 0. The van der Waals surface area contributed by atoms with Gasteiger partial charge in [-0.25, -0.2) is 4.98 Å². The summed E-state index contributed by atoms with van der Waals surface area (Å²) in [7, 11) is 2.22. The summed E-state index contributed by atoms with van der Waals surface area (Å²) in [6.07, 6.45) is 8.40. The van der Waals surface area contributed by atoms with Crippen molar-refractivity contribution in [2.45, 2.75) is 45.1 Å². The third-order valence-corrected chi connectivity index (χ3v) is 3.78. The van der Waals surface area contributed by atoms with Crippen molar-refractivity contribution in [3.05, 3.63) is 23.9 Å². The van der Waals surface area contributed by atoms with E-state index in [9.17, 15) is 0 Å². The van der Waals surface area contributed by atoms with Gasteiger partial charge < -0.3 is 5.32 Å². The Balaban J connectivity index is 1.94. The van der Waals surface area contributed by atoms with Crippen LogP contribution in [0.1, 0.15) is 50.6 Å². The molecule has 1 aromatic heterocycles. The molecule has 0 spiro atoms. The van der Waals surface area contributed by atoms with Crippen LogP contribution in [-0.4, -0.2) is 30.0 Å². The lowest BCUT2D eigenvalue weighted by molar-refractivity contribution is 0.187. The van der Waals surface area contributed by atoms with Crippen molar-refractivity contribution in [3.8, 4) is 0 Å². The summed E-state index contributed by atoms with van der Waals surface area (Å²) in [6, 6.07) is 4.91. The first-order chi connectivity index (χ1) is 8.81. The molecule has 0 saturated carbocycles. The topological polar surface area (TPSA) is 28.2 Å². The van der Waals surface area contributed by atoms with Crippen molar-refractivity contribution in [3.63, 3.8) is 0 Å². The van der Waals surface area contributed by atoms with Gasteiger partial charge in [-0.05, 0) is 44.5 Å². The first-order valence-electron chi connectivity index (χ1n) is 7.21. The fourth-order valence-electron chi connectivity index (χ4n) is 2.60. The second kappa shape index (κ2) is 6.74. The van der Waals surface area contributed by atoms with Crippen LogP contribution in [0.3, 0.4) is 0 Å². The summed E-state index contributed by atoms with van der Waals surface area (Å²) in [6.45, 7) is 4.43. The molecule has 3 heteroatoms. The molecule has 0 amide bonds. The third kappa shape index (κ3) is 3.45. The molecule has 1 aliphatic rings. The van der Waals surface area contributed by atoms with E-state index in [2.05, 4.69) is 41.3 Å². The summed E-state index contributed by atoms with van der Waals surface area (Å²) in [4.78, 5) is 6.97. The standard InChI is InChI=1S/C15H25N3/c1-3-4-10-16-15-9-8-13(12-17-15)14-7-5-6-11-18(14)2/h8-9,12,14H,3-7,10-11H2,1-2H3,(H,16,17)/t14-/m1/s1. The smallest absolute Gasteiger partial charge is 0.125 e. The van der Waals surface area contributed by atoms with Crippen LogP contribution >= 0.6 is 0 Å². The molecule has 1 aliphatic heterocycles. The zero-order valence-electron chi connectivity index (χ0n) is 11.7. The molecular formula is C15H25N3. The first-order valence-corrected chi connectivity index (χ1v) is 7.21. The second-order valence-corrected chi connectivity index (χ2v) is 5.25. The zero-order valence-corrected chi connectivity index (χ0v) is 11.7. The minimum Gasteiger partial charge on any atom is -0.370 e. The van der Waals surface area contributed by atoms with Crippen LogP contribution in [0.2, 0.25) is 0 Å². The van der Waals surface area contributed by atoms with E-state index < -0.39 is 0 Å². The summed E-state index contributed by atoms with van der Waals surface area (Å²) in [5.41, 5.74) is 1.36. The van der Waals surface area contributed by atoms with Crippen molar-refractivity contribution >= 4 is 5.82 Å². The van der Waals surface area contributed by atoms with Crippen molar-refractivity contribution in [2.24, 2.45) is 0 Å². The van der Waals surface area contributed by atoms with Crippen LogP contribution in [-0.2, 0) is 0 Å². The number of likely N-dealkylation sites (tertiary alicyclic amines) is 1. The Labute approximate surface area is 111 Å². The van der Waals surface area contributed by atoms with Gasteiger partial charge in [0, 0.05) is 18.8 Å². The molecule has 0 aliphatic carbocycles. The number of rotatable bonds is 5. The molecule has 1 aromatic rings. The van der Waals surface area contributed by atoms with E-state index in [-0.39, 0.29) is 0 Å². The Kier molecular flexibility index (Phi) is 5.00. The lowest BCUT2D eigenvalue weighted by Gasteiger charge is -2.32. The zero-order chi connectivity index (χ0) is 12.8. The number of anilines is 1. The van der Waals surface area contributed by atoms with Gasteiger partial charge in [0.2, 0.25) is 0 Å². The third-order valence-electron chi connectivity index (χ3n) is 3.78. The Morgan fingerprint density at radius 3 is 2.94 bits per heavy atom. The normalized spacial score (nSPS) is 20.9. The largest absolute Gasteiger partial charge is 0.370 e. The van der Waals surface area contributed by atoms with Crippen LogP contribution in [0.4, 0.5) is 5.82 Å². The van der Waals surface area contributed by atoms with Gasteiger partial charge in [-0.3, -0.25) is 4.90 Å². The van der Waals surface area contributed by atoms with Gasteiger partial charge in [0.05, 0.1) is 0 Å². The fourth-order valence-corrected chi connectivity index (χ4v) is 2.60. The van der Waals surface area contributed by atoms with Crippen LogP contribution < -0.4 is 5.32 Å². The van der Waals surface area contributed by atoms with Gasteiger partial charge in [-0.2, -0.15) is 0 Å². The predicted molar refractivity (Wildman–Crippen MR) is 76.9 cm³/mol. The molecule has 0 unspecified atom stereocenters. The van der Waals surface area contributed by atoms with E-state index >= 15 is 0 Å². The number of hydrogen-bond donors (Lipinski definition) is 1. The van der Waals surface area contributed by atoms with Crippen molar-refractivity contribution in [1.29, 1.82) is 0 Å².